The van der Waals surface area contributed by atoms with Gasteiger partial charge < -0.3 is 19.9 Å². The lowest BCUT2D eigenvalue weighted by molar-refractivity contribution is -0.131. The van der Waals surface area contributed by atoms with Crippen LogP contribution in [-0.2, 0) is 9.53 Å². The normalized spacial score (nSPS) is 23.4. The first-order valence-electron chi connectivity index (χ1n) is 11.5. The predicted octanol–water partition coefficient (Wildman–Crippen LogP) is 3.08. The standard InChI is InChI=1S/C22H35N5O2/c28-22(11-8-18-5-2-1-3-6-18)27-14-12-26(13-15-27)21-10-9-20(24-25-21)23-17-19-7-4-16-29-19/h9-10,18-19H,1-8,11-17H2,(H,23,24). The number of hydrogen-bond donors (Lipinski definition) is 1. The molecule has 1 atom stereocenters. The van der Waals surface area contributed by atoms with Gasteiger partial charge in [0.15, 0.2) is 5.82 Å². The minimum atomic E-state index is 0.292. The van der Waals surface area contributed by atoms with Crippen LogP contribution in [0.5, 0.6) is 0 Å². The fraction of sp³-hybridized carbons (Fsp3) is 0.773. The van der Waals surface area contributed by atoms with Gasteiger partial charge >= 0.3 is 0 Å². The van der Waals surface area contributed by atoms with Crippen LogP contribution in [0.2, 0.25) is 0 Å². The van der Waals surface area contributed by atoms with Crippen LogP contribution >= 0.6 is 0 Å². The zero-order valence-electron chi connectivity index (χ0n) is 17.5. The predicted molar refractivity (Wildman–Crippen MR) is 114 cm³/mol. The molecule has 1 aliphatic carbocycles. The van der Waals surface area contributed by atoms with Gasteiger partial charge in [0.05, 0.1) is 6.10 Å². The Morgan fingerprint density at radius 1 is 1.03 bits per heavy atom. The number of ether oxygens (including phenoxy) is 1. The van der Waals surface area contributed by atoms with E-state index in [-0.39, 0.29) is 0 Å². The third kappa shape index (κ3) is 5.81. The van der Waals surface area contributed by atoms with Crippen molar-refractivity contribution < 1.29 is 9.53 Å². The Labute approximate surface area is 174 Å². The van der Waals surface area contributed by atoms with Crippen molar-refractivity contribution in [2.24, 2.45) is 5.92 Å². The zero-order chi connectivity index (χ0) is 19.9. The number of aromatic nitrogens is 2. The van der Waals surface area contributed by atoms with Gasteiger partial charge in [0, 0.05) is 45.8 Å². The number of piperazine rings is 1. The molecule has 3 fully saturated rings. The van der Waals surface area contributed by atoms with E-state index in [9.17, 15) is 4.79 Å². The topological polar surface area (TPSA) is 70.6 Å². The Balaban J connectivity index is 1.18. The van der Waals surface area contributed by atoms with Gasteiger partial charge in [-0.1, -0.05) is 32.1 Å². The second-order valence-corrected chi connectivity index (χ2v) is 8.70. The molecule has 29 heavy (non-hydrogen) atoms. The summed E-state index contributed by atoms with van der Waals surface area (Å²) in [4.78, 5) is 16.8. The maximum atomic E-state index is 12.6. The summed E-state index contributed by atoms with van der Waals surface area (Å²) in [7, 11) is 0. The van der Waals surface area contributed by atoms with Crippen molar-refractivity contribution in [1.29, 1.82) is 0 Å². The Hall–Kier alpha value is -1.89. The quantitative estimate of drug-likeness (QED) is 0.757. The number of hydrogen-bond acceptors (Lipinski definition) is 6. The van der Waals surface area contributed by atoms with Crippen LogP contribution < -0.4 is 10.2 Å². The Morgan fingerprint density at radius 2 is 1.86 bits per heavy atom. The van der Waals surface area contributed by atoms with Gasteiger partial charge in [-0.15, -0.1) is 10.2 Å². The highest BCUT2D eigenvalue weighted by Crippen LogP contribution is 2.27. The Bertz CT molecular complexity index is 633. The van der Waals surface area contributed by atoms with Gasteiger partial charge in [0.25, 0.3) is 0 Å². The van der Waals surface area contributed by atoms with Crippen LogP contribution in [-0.4, -0.2) is 66.4 Å². The van der Waals surface area contributed by atoms with Gasteiger partial charge in [-0.25, -0.2) is 0 Å². The highest BCUT2D eigenvalue weighted by molar-refractivity contribution is 5.76. The van der Waals surface area contributed by atoms with Gasteiger partial charge in [-0.05, 0) is 37.3 Å². The number of carbonyl (C=O) groups excluding carboxylic acids is 1. The smallest absolute Gasteiger partial charge is 0.222 e. The summed E-state index contributed by atoms with van der Waals surface area (Å²) in [5, 5.41) is 12.0. The molecule has 3 aliphatic rings. The lowest BCUT2D eigenvalue weighted by atomic mass is 9.86. The highest BCUT2D eigenvalue weighted by atomic mass is 16.5. The summed E-state index contributed by atoms with van der Waals surface area (Å²) < 4.78 is 5.62. The van der Waals surface area contributed by atoms with Gasteiger partial charge in [0.2, 0.25) is 5.91 Å². The second kappa shape index (κ2) is 10.2. The van der Waals surface area contributed by atoms with Crippen molar-refractivity contribution in [3.05, 3.63) is 12.1 Å². The highest BCUT2D eigenvalue weighted by Gasteiger charge is 2.23. The number of rotatable bonds is 7. The van der Waals surface area contributed by atoms with E-state index in [0.29, 0.717) is 12.0 Å². The van der Waals surface area contributed by atoms with E-state index in [1.54, 1.807) is 0 Å². The third-order valence-corrected chi connectivity index (χ3v) is 6.63. The molecule has 0 radical (unpaired) electrons. The molecular weight excluding hydrogens is 366 g/mol. The van der Waals surface area contributed by atoms with E-state index in [1.807, 2.05) is 17.0 Å². The van der Waals surface area contributed by atoms with Crippen LogP contribution in [0.15, 0.2) is 12.1 Å². The summed E-state index contributed by atoms with van der Waals surface area (Å²) in [6, 6.07) is 4.00. The summed E-state index contributed by atoms with van der Waals surface area (Å²) >= 11 is 0. The maximum Gasteiger partial charge on any atom is 0.222 e. The Morgan fingerprint density at radius 3 is 2.55 bits per heavy atom. The summed E-state index contributed by atoms with van der Waals surface area (Å²) in [5.41, 5.74) is 0. The molecule has 7 nitrogen and oxygen atoms in total. The van der Waals surface area contributed by atoms with Crippen molar-refractivity contribution in [2.45, 2.75) is 63.9 Å². The molecule has 0 spiro atoms. The fourth-order valence-electron chi connectivity index (χ4n) is 4.76. The van der Waals surface area contributed by atoms with Crippen LogP contribution in [0.1, 0.15) is 57.8 Å². The Kier molecular flexibility index (Phi) is 7.19. The van der Waals surface area contributed by atoms with E-state index in [0.717, 1.165) is 82.6 Å². The van der Waals surface area contributed by atoms with E-state index < -0.39 is 0 Å². The minimum absolute atomic E-state index is 0.292. The first kappa shape index (κ1) is 20.4. The molecule has 1 saturated carbocycles. The van der Waals surface area contributed by atoms with Crippen LogP contribution in [0, 0.1) is 5.92 Å². The van der Waals surface area contributed by atoms with Crippen molar-refractivity contribution in [1.82, 2.24) is 15.1 Å². The van der Waals surface area contributed by atoms with Crippen LogP contribution in [0.25, 0.3) is 0 Å². The second-order valence-electron chi connectivity index (χ2n) is 8.70. The van der Waals surface area contributed by atoms with E-state index in [1.165, 1.54) is 32.1 Å². The first-order valence-corrected chi connectivity index (χ1v) is 11.5. The molecule has 1 amide bonds. The van der Waals surface area contributed by atoms with Crippen molar-refractivity contribution in [3.63, 3.8) is 0 Å². The monoisotopic (exact) mass is 401 g/mol. The molecule has 0 aromatic carbocycles. The number of amides is 1. The first-order chi connectivity index (χ1) is 14.3. The number of nitrogens with one attached hydrogen (secondary N) is 1. The molecule has 160 valence electrons. The molecule has 3 heterocycles. The van der Waals surface area contributed by atoms with Crippen LogP contribution in [0.3, 0.4) is 0 Å². The fourth-order valence-corrected chi connectivity index (χ4v) is 4.76. The largest absolute Gasteiger partial charge is 0.376 e. The lowest BCUT2D eigenvalue weighted by Crippen LogP contribution is -2.49. The zero-order valence-corrected chi connectivity index (χ0v) is 17.5. The molecule has 1 N–H and O–H groups in total. The third-order valence-electron chi connectivity index (χ3n) is 6.63. The molecule has 0 bridgehead atoms. The molecule has 1 aromatic rings. The van der Waals surface area contributed by atoms with Gasteiger partial charge in [-0.2, -0.15) is 0 Å². The summed E-state index contributed by atoms with van der Waals surface area (Å²) in [5.74, 6) is 2.79. The number of anilines is 2. The molecule has 7 heteroatoms. The molecule has 4 rings (SSSR count). The summed E-state index contributed by atoms with van der Waals surface area (Å²) in [6.45, 7) is 4.87. The van der Waals surface area contributed by atoms with Gasteiger partial charge in [-0.3, -0.25) is 4.79 Å². The van der Waals surface area contributed by atoms with E-state index in [4.69, 9.17) is 4.74 Å². The molecule has 1 aromatic heterocycles. The number of carbonyl (C=O) groups is 1. The van der Waals surface area contributed by atoms with Crippen molar-refractivity contribution >= 4 is 17.5 Å². The van der Waals surface area contributed by atoms with E-state index in [2.05, 4.69) is 20.4 Å². The average molecular weight is 402 g/mol. The molecule has 2 saturated heterocycles. The SMILES string of the molecule is O=C(CCC1CCCCC1)N1CCN(c2ccc(NCC3CCCO3)nn2)CC1. The number of nitrogens with zero attached hydrogens (tertiary/aromatic N) is 4. The van der Waals surface area contributed by atoms with E-state index >= 15 is 0 Å². The van der Waals surface area contributed by atoms with Crippen molar-refractivity contribution in [2.75, 3.05) is 49.5 Å². The average Bonchev–Trinajstić information content (AvgIpc) is 3.31. The minimum Gasteiger partial charge on any atom is -0.376 e. The van der Waals surface area contributed by atoms with Gasteiger partial charge in [0.1, 0.15) is 5.82 Å². The lowest BCUT2D eigenvalue weighted by Gasteiger charge is -2.35. The molecule has 2 aliphatic heterocycles. The summed E-state index contributed by atoms with van der Waals surface area (Å²) in [6.07, 6.45) is 11.1. The maximum absolute atomic E-state index is 12.6. The van der Waals surface area contributed by atoms with Crippen molar-refractivity contribution in [3.8, 4) is 0 Å². The molecule has 1 unspecified atom stereocenters. The van der Waals surface area contributed by atoms with Crippen LogP contribution in [0.4, 0.5) is 11.6 Å². The molecular formula is C22H35N5O2.